The molecule has 8 nitrogen and oxygen atoms in total. The fourth-order valence-corrected chi connectivity index (χ4v) is 4.98. The maximum atomic E-state index is 13.2. The predicted molar refractivity (Wildman–Crippen MR) is 114 cm³/mol. The number of rotatable bonds is 4. The number of amides is 3. The molecule has 0 aliphatic carbocycles. The van der Waals surface area contributed by atoms with Crippen LogP contribution in [-0.2, 0) is 21.3 Å². The summed E-state index contributed by atoms with van der Waals surface area (Å²) in [5, 5.41) is 11.9. The fraction of sp³-hybridized carbons (Fsp3) is 0.227. The molecule has 0 radical (unpaired) electrons. The second-order valence-electron chi connectivity index (χ2n) is 7.68. The lowest BCUT2D eigenvalue weighted by Crippen LogP contribution is -2.47. The molecule has 10 heteroatoms. The Morgan fingerprint density at radius 3 is 2.62 bits per heavy atom. The van der Waals surface area contributed by atoms with E-state index in [-0.39, 0.29) is 34.0 Å². The number of alkyl halides is 1. The highest BCUT2D eigenvalue weighted by atomic mass is 32.2. The van der Waals surface area contributed by atoms with Gasteiger partial charge in [0.15, 0.2) is 9.84 Å². The lowest BCUT2D eigenvalue weighted by molar-refractivity contribution is -0.124. The Balaban J connectivity index is 1.92. The SMILES string of the molecule is CN1CC2=C(C1=O)[C@@H](c1ccc(C#N)cc1S(C)(=O)=O)NC(=O)N2c1cccc(CF)c1. The van der Waals surface area contributed by atoms with E-state index in [0.29, 0.717) is 16.9 Å². The van der Waals surface area contributed by atoms with Crippen molar-refractivity contribution in [2.45, 2.75) is 17.6 Å². The number of carbonyl (C=O) groups is 2. The van der Waals surface area contributed by atoms with E-state index in [0.717, 1.165) is 6.26 Å². The number of hydrogen-bond acceptors (Lipinski definition) is 5. The van der Waals surface area contributed by atoms with Gasteiger partial charge in [0.05, 0.1) is 46.1 Å². The summed E-state index contributed by atoms with van der Waals surface area (Å²) in [4.78, 5) is 28.8. The molecular weight excluding hydrogens is 435 g/mol. The van der Waals surface area contributed by atoms with Gasteiger partial charge in [-0.25, -0.2) is 17.6 Å². The Morgan fingerprint density at radius 1 is 1.22 bits per heavy atom. The molecule has 0 fully saturated rings. The van der Waals surface area contributed by atoms with Crippen LogP contribution >= 0.6 is 0 Å². The summed E-state index contributed by atoms with van der Waals surface area (Å²) < 4.78 is 38.1. The zero-order chi connectivity index (χ0) is 23.2. The van der Waals surface area contributed by atoms with E-state index in [1.54, 1.807) is 25.2 Å². The van der Waals surface area contributed by atoms with E-state index >= 15 is 0 Å². The number of likely N-dealkylation sites (N-methyl/N-ethyl adjacent to an activating group) is 1. The number of hydrogen-bond donors (Lipinski definition) is 1. The van der Waals surface area contributed by atoms with Gasteiger partial charge in [0.2, 0.25) is 0 Å². The van der Waals surface area contributed by atoms with Gasteiger partial charge in [-0.15, -0.1) is 0 Å². The molecular formula is C22H19FN4O4S. The molecule has 0 unspecified atom stereocenters. The Bertz CT molecular complexity index is 1330. The Kier molecular flexibility index (Phi) is 5.22. The zero-order valence-corrected chi connectivity index (χ0v) is 18.1. The minimum Gasteiger partial charge on any atom is -0.336 e. The standard InChI is InChI=1S/C22H19FN4O4S/c1-26-12-17-19(21(26)28)20(16-7-6-14(11-24)9-18(16)32(2,30)31)25-22(29)27(17)15-5-3-4-13(8-15)10-23/h3-9,20H,10,12H2,1-2H3,(H,25,29)/t20-/m1/s1. The minimum atomic E-state index is -3.77. The molecule has 0 saturated heterocycles. The van der Waals surface area contributed by atoms with Gasteiger partial charge < -0.3 is 10.2 Å². The van der Waals surface area contributed by atoms with Crippen LogP contribution < -0.4 is 10.2 Å². The number of anilines is 1. The topological polar surface area (TPSA) is 111 Å². The molecule has 164 valence electrons. The number of nitrogens with one attached hydrogen (secondary N) is 1. The molecule has 1 atom stereocenters. The average molecular weight is 454 g/mol. The maximum Gasteiger partial charge on any atom is 0.327 e. The number of nitriles is 1. The molecule has 2 heterocycles. The smallest absolute Gasteiger partial charge is 0.327 e. The second kappa shape index (κ2) is 7.76. The lowest BCUT2D eigenvalue weighted by atomic mass is 9.94. The molecule has 2 aromatic carbocycles. The summed E-state index contributed by atoms with van der Waals surface area (Å²) in [5.41, 5.74) is 1.75. The van der Waals surface area contributed by atoms with Crippen molar-refractivity contribution in [3.05, 3.63) is 70.4 Å². The Hall–Kier alpha value is -3.71. The van der Waals surface area contributed by atoms with Crippen LogP contribution in [0.4, 0.5) is 14.9 Å². The fourth-order valence-electron chi connectivity index (χ4n) is 4.02. The maximum absolute atomic E-state index is 13.2. The quantitative estimate of drug-likeness (QED) is 0.763. The first kappa shape index (κ1) is 21.5. The van der Waals surface area contributed by atoms with Crippen molar-refractivity contribution >= 4 is 27.5 Å². The molecule has 0 spiro atoms. The highest BCUT2D eigenvalue weighted by Crippen LogP contribution is 2.40. The van der Waals surface area contributed by atoms with Crippen molar-refractivity contribution < 1.29 is 22.4 Å². The number of halogens is 1. The highest BCUT2D eigenvalue weighted by molar-refractivity contribution is 7.90. The molecule has 2 aromatic rings. The Labute approximate surface area is 184 Å². The van der Waals surface area contributed by atoms with Gasteiger partial charge in [0.25, 0.3) is 5.91 Å². The van der Waals surface area contributed by atoms with Gasteiger partial charge in [0, 0.05) is 13.3 Å². The minimum absolute atomic E-state index is 0.127. The van der Waals surface area contributed by atoms with Gasteiger partial charge in [-0.1, -0.05) is 18.2 Å². The third kappa shape index (κ3) is 3.50. The van der Waals surface area contributed by atoms with Crippen LogP contribution in [0.25, 0.3) is 0 Å². The van der Waals surface area contributed by atoms with E-state index in [4.69, 9.17) is 0 Å². The lowest BCUT2D eigenvalue weighted by Gasteiger charge is -2.34. The molecule has 4 rings (SSSR count). The molecule has 0 bridgehead atoms. The summed E-state index contributed by atoms with van der Waals surface area (Å²) in [6.07, 6.45) is 1.00. The number of nitrogens with zero attached hydrogens (tertiary/aromatic N) is 3. The predicted octanol–water partition coefficient (Wildman–Crippen LogP) is 2.43. The van der Waals surface area contributed by atoms with Crippen molar-refractivity contribution in [3.8, 4) is 6.07 Å². The van der Waals surface area contributed by atoms with Crippen LogP contribution in [0.1, 0.15) is 22.7 Å². The molecule has 3 amide bonds. The summed E-state index contributed by atoms with van der Waals surface area (Å²) in [7, 11) is -2.19. The van der Waals surface area contributed by atoms with Crippen LogP contribution in [0.3, 0.4) is 0 Å². The van der Waals surface area contributed by atoms with Crippen molar-refractivity contribution in [3.63, 3.8) is 0 Å². The normalized spacial score (nSPS) is 18.5. The molecule has 0 aromatic heterocycles. The van der Waals surface area contributed by atoms with E-state index in [2.05, 4.69) is 5.32 Å². The van der Waals surface area contributed by atoms with Gasteiger partial charge in [0.1, 0.15) is 6.67 Å². The zero-order valence-electron chi connectivity index (χ0n) is 17.3. The summed E-state index contributed by atoms with van der Waals surface area (Å²) in [6, 6.07) is 10.8. The van der Waals surface area contributed by atoms with Crippen LogP contribution in [0, 0.1) is 11.3 Å². The van der Waals surface area contributed by atoms with Crippen molar-refractivity contribution in [1.82, 2.24) is 10.2 Å². The van der Waals surface area contributed by atoms with Gasteiger partial charge in [-0.3, -0.25) is 9.69 Å². The van der Waals surface area contributed by atoms with E-state index in [9.17, 15) is 27.7 Å². The van der Waals surface area contributed by atoms with Crippen molar-refractivity contribution in [2.24, 2.45) is 0 Å². The van der Waals surface area contributed by atoms with Crippen molar-refractivity contribution in [1.29, 1.82) is 5.26 Å². The van der Waals surface area contributed by atoms with Gasteiger partial charge in [-0.05, 0) is 35.4 Å². The number of carbonyl (C=O) groups excluding carboxylic acids is 2. The number of sulfone groups is 1. The van der Waals surface area contributed by atoms with Crippen molar-refractivity contribution in [2.75, 3.05) is 24.7 Å². The summed E-state index contributed by atoms with van der Waals surface area (Å²) in [5.74, 6) is -0.361. The molecule has 1 N–H and O–H groups in total. The summed E-state index contributed by atoms with van der Waals surface area (Å²) in [6.45, 7) is -0.581. The Morgan fingerprint density at radius 2 is 1.97 bits per heavy atom. The number of urea groups is 1. The molecule has 2 aliphatic heterocycles. The first-order chi connectivity index (χ1) is 15.2. The average Bonchev–Trinajstić information content (AvgIpc) is 3.06. The van der Waals surface area contributed by atoms with Crippen LogP contribution in [0.2, 0.25) is 0 Å². The third-order valence-electron chi connectivity index (χ3n) is 5.48. The first-order valence-corrected chi connectivity index (χ1v) is 11.5. The first-order valence-electron chi connectivity index (χ1n) is 9.64. The third-order valence-corrected chi connectivity index (χ3v) is 6.63. The van der Waals surface area contributed by atoms with E-state index in [1.165, 1.54) is 34.1 Å². The molecule has 0 saturated carbocycles. The van der Waals surface area contributed by atoms with Gasteiger partial charge >= 0.3 is 6.03 Å². The van der Waals surface area contributed by atoms with Crippen LogP contribution in [-0.4, -0.2) is 45.1 Å². The molecule has 32 heavy (non-hydrogen) atoms. The van der Waals surface area contributed by atoms with Gasteiger partial charge in [-0.2, -0.15) is 5.26 Å². The molecule has 2 aliphatic rings. The highest BCUT2D eigenvalue weighted by Gasteiger charge is 2.44. The largest absolute Gasteiger partial charge is 0.336 e. The van der Waals surface area contributed by atoms with Crippen LogP contribution in [0.15, 0.2) is 58.6 Å². The number of benzene rings is 2. The van der Waals surface area contributed by atoms with E-state index in [1.807, 2.05) is 6.07 Å². The summed E-state index contributed by atoms with van der Waals surface area (Å²) >= 11 is 0. The van der Waals surface area contributed by atoms with Crippen LogP contribution in [0.5, 0.6) is 0 Å². The second-order valence-corrected chi connectivity index (χ2v) is 9.66. The monoisotopic (exact) mass is 454 g/mol. The van der Waals surface area contributed by atoms with E-state index < -0.39 is 28.6 Å².